The van der Waals surface area contributed by atoms with Crippen molar-refractivity contribution in [2.75, 3.05) is 6.54 Å². The summed E-state index contributed by atoms with van der Waals surface area (Å²) in [5, 5.41) is 3.42. The monoisotopic (exact) mass is 359 g/mol. The molecule has 1 N–H and O–H groups in total. The van der Waals surface area contributed by atoms with Crippen molar-refractivity contribution in [1.82, 2.24) is 5.32 Å². The van der Waals surface area contributed by atoms with Crippen molar-refractivity contribution in [3.8, 4) is 5.75 Å². The van der Waals surface area contributed by atoms with Crippen molar-refractivity contribution in [2.45, 2.75) is 26.9 Å². The van der Waals surface area contributed by atoms with Crippen LogP contribution in [-0.2, 0) is 4.79 Å². The zero-order chi connectivity index (χ0) is 18.4. The standard InChI is InChI=1S/C20H22ClNO3/c1-13(2)12-22-20(24)14(3)25-18-10-6-16(7-11-18)19(23)15-4-8-17(21)9-5-15/h4-11,13-14H,12H2,1-3H3,(H,22,24)/t14-/m1/s1. The van der Waals surface area contributed by atoms with Crippen molar-refractivity contribution in [2.24, 2.45) is 5.92 Å². The molecular weight excluding hydrogens is 338 g/mol. The van der Waals surface area contributed by atoms with E-state index in [0.717, 1.165) is 0 Å². The van der Waals surface area contributed by atoms with E-state index in [4.69, 9.17) is 16.3 Å². The molecular formula is C20H22ClNO3. The number of nitrogens with one attached hydrogen (secondary N) is 1. The van der Waals surface area contributed by atoms with Crippen molar-refractivity contribution < 1.29 is 14.3 Å². The lowest BCUT2D eigenvalue weighted by Crippen LogP contribution is -2.38. The average Bonchev–Trinajstić information content (AvgIpc) is 2.60. The lowest BCUT2D eigenvalue weighted by Gasteiger charge is -2.15. The Morgan fingerprint density at radius 2 is 1.48 bits per heavy atom. The molecule has 2 aromatic rings. The first-order valence-corrected chi connectivity index (χ1v) is 8.59. The lowest BCUT2D eigenvalue weighted by molar-refractivity contribution is -0.127. The molecule has 0 aliphatic heterocycles. The predicted octanol–water partition coefficient (Wildman–Crippen LogP) is 4.11. The molecule has 5 heteroatoms. The van der Waals surface area contributed by atoms with E-state index in [1.54, 1.807) is 55.5 Å². The summed E-state index contributed by atoms with van der Waals surface area (Å²) in [4.78, 5) is 24.3. The minimum Gasteiger partial charge on any atom is -0.481 e. The molecule has 4 nitrogen and oxygen atoms in total. The highest BCUT2D eigenvalue weighted by molar-refractivity contribution is 6.30. The van der Waals surface area contributed by atoms with Gasteiger partial charge in [0, 0.05) is 22.7 Å². The predicted molar refractivity (Wildman–Crippen MR) is 99.3 cm³/mol. The van der Waals surface area contributed by atoms with Gasteiger partial charge in [-0.3, -0.25) is 9.59 Å². The summed E-state index contributed by atoms with van der Waals surface area (Å²) in [7, 11) is 0. The molecule has 25 heavy (non-hydrogen) atoms. The number of hydrogen-bond acceptors (Lipinski definition) is 3. The van der Waals surface area contributed by atoms with Gasteiger partial charge in [-0.25, -0.2) is 0 Å². The molecule has 0 aliphatic carbocycles. The summed E-state index contributed by atoms with van der Waals surface area (Å²) in [6, 6.07) is 13.5. The highest BCUT2D eigenvalue weighted by Gasteiger charge is 2.15. The van der Waals surface area contributed by atoms with Crippen molar-refractivity contribution >= 4 is 23.3 Å². The molecule has 0 radical (unpaired) electrons. The quantitative estimate of drug-likeness (QED) is 0.757. The van der Waals surface area contributed by atoms with Gasteiger partial charge >= 0.3 is 0 Å². The van der Waals surface area contributed by atoms with Crippen LogP contribution in [0, 0.1) is 5.92 Å². The molecule has 132 valence electrons. The highest BCUT2D eigenvalue weighted by atomic mass is 35.5. The Kier molecular flexibility index (Phi) is 6.59. The van der Waals surface area contributed by atoms with E-state index < -0.39 is 6.10 Å². The van der Waals surface area contributed by atoms with Gasteiger partial charge in [-0.15, -0.1) is 0 Å². The van der Waals surface area contributed by atoms with E-state index in [0.29, 0.717) is 34.4 Å². The maximum Gasteiger partial charge on any atom is 0.260 e. The largest absolute Gasteiger partial charge is 0.481 e. The molecule has 0 fully saturated rings. The third-order valence-corrected chi connectivity index (χ3v) is 3.84. The second kappa shape index (κ2) is 8.67. The van der Waals surface area contributed by atoms with E-state index in [1.807, 2.05) is 13.8 Å². The van der Waals surface area contributed by atoms with E-state index in [1.165, 1.54) is 0 Å². The number of halogens is 1. The van der Waals surface area contributed by atoms with Crippen LogP contribution in [0.3, 0.4) is 0 Å². The summed E-state index contributed by atoms with van der Waals surface area (Å²) in [5.74, 6) is 0.676. The SMILES string of the molecule is CC(C)CNC(=O)[C@@H](C)Oc1ccc(C(=O)c2ccc(Cl)cc2)cc1. The third kappa shape index (κ3) is 5.61. The minimum atomic E-state index is -0.600. The second-order valence-corrected chi connectivity index (χ2v) is 6.70. The van der Waals surface area contributed by atoms with Gasteiger partial charge < -0.3 is 10.1 Å². The summed E-state index contributed by atoms with van der Waals surface area (Å²) in [5.41, 5.74) is 1.12. The number of amides is 1. The number of rotatable bonds is 7. The van der Waals surface area contributed by atoms with Gasteiger partial charge in [0.15, 0.2) is 11.9 Å². The number of benzene rings is 2. The molecule has 0 aliphatic rings. The van der Waals surface area contributed by atoms with Crippen molar-refractivity contribution in [1.29, 1.82) is 0 Å². The first kappa shape index (κ1) is 19.0. The van der Waals surface area contributed by atoms with E-state index in [-0.39, 0.29) is 11.7 Å². The second-order valence-electron chi connectivity index (χ2n) is 6.26. The zero-order valence-electron chi connectivity index (χ0n) is 14.6. The maximum absolute atomic E-state index is 12.4. The third-order valence-electron chi connectivity index (χ3n) is 3.59. The average molecular weight is 360 g/mol. The van der Waals surface area contributed by atoms with E-state index in [2.05, 4.69) is 5.32 Å². The molecule has 0 heterocycles. The highest BCUT2D eigenvalue weighted by Crippen LogP contribution is 2.18. The Labute approximate surface area is 153 Å². The van der Waals surface area contributed by atoms with Crippen LogP contribution >= 0.6 is 11.6 Å². The van der Waals surface area contributed by atoms with Crippen LogP contribution in [0.2, 0.25) is 5.02 Å². The summed E-state index contributed by atoms with van der Waals surface area (Å²) in [6.45, 7) is 6.37. The molecule has 1 atom stereocenters. The summed E-state index contributed by atoms with van der Waals surface area (Å²) >= 11 is 5.84. The van der Waals surface area contributed by atoms with E-state index >= 15 is 0 Å². The van der Waals surface area contributed by atoms with Gasteiger partial charge in [-0.2, -0.15) is 0 Å². The number of carbonyl (C=O) groups is 2. The molecule has 0 saturated heterocycles. The van der Waals surface area contributed by atoms with Crippen molar-refractivity contribution in [3.63, 3.8) is 0 Å². The summed E-state index contributed by atoms with van der Waals surface area (Å²) in [6.07, 6.45) is -0.600. The van der Waals surface area contributed by atoms with Gasteiger partial charge in [-0.05, 0) is 61.4 Å². The van der Waals surface area contributed by atoms with Crippen LogP contribution < -0.4 is 10.1 Å². The van der Waals surface area contributed by atoms with Crippen LogP contribution in [0.25, 0.3) is 0 Å². The van der Waals surface area contributed by atoms with Crippen molar-refractivity contribution in [3.05, 3.63) is 64.7 Å². The number of hydrogen-bond donors (Lipinski definition) is 1. The van der Waals surface area contributed by atoms with Gasteiger partial charge in [0.05, 0.1) is 0 Å². The van der Waals surface area contributed by atoms with Crippen LogP contribution in [0.1, 0.15) is 36.7 Å². The van der Waals surface area contributed by atoms with Gasteiger partial charge in [0.2, 0.25) is 0 Å². The number of carbonyl (C=O) groups excluding carboxylic acids is 2. The number of ketones is 1. The molecule has 2 rings (SSSR count). The molecule has 1 amide bonds. The fraction of sp³-hybridized carbons (Fsp3) is 0.300. The zero-order valence-corrected chi connectivity index (χ0v) is 15.3. The van der Waals surface area contributed by atoms with Gasteiger partial charge in [-0.1, -0.05) is 25.4 Å². The first-order valence-electron chi connectivity index (χ1n) is 8.21. The number of ether oxygens (including phenoxy) is 1. The minimum absolute atomic E-state index is 0.0917. The Balaban J connectivity index is 1.98. The smallest absolute Gasteiger partial charge is 0.260 e. The Morgan fingerprint density at radius 3 is 2.00 bits per heavy atom. The summed E-state index contributed by atoms with van der Waals surface area (Å²) < 4.78 is 5.62. The van der Waals surface area contributed by atoms with Gasteiger partial charge in [0.25, 0.3) is 5.91 Å². The van der Waals surface area contributed by atoms with Crippen LogP contribution in [0.15, 0.2) is 48.5 Å². The van der Waals surface area contributed by atoms with Crippen LogP contribution in [0.4, 0.5) is 0 Å². The molecule has 0 saturated carbocycles. The molecule has 0 bridgehead atoms. The molecule has 0 spiro atoms. The lowest BCUT2D eigenvalue weighted by atomic mass is 10.0. The van der Waals surface area contributed by atoms with Gasteiger partial charge in [0.1, 0.15) is 5.75 Å². The fourth-order valence-corrected chi connectivity index (χ4v) is 2.28. The van der Waals surface area contributed by atoms with E-state index in [9.17, 15) is 9.59 Å². The molecule has 0 aromatic heterocycles. The van der Waals surface area contributed by atoms with Crippen LogP contribution in [0.5, 0.6) is 5.75 Å². The Morgan fingerprint density at radius 1 is 0.960 bits per heavy atom. The van der Waals surface area contributed by atoms with Crippen LogP contribution in [-0.4, -0.2) is 24.3 Å². The first-order chi connectivity index (χ1) is 11.9. The molecule has 0 unspecified atom stereocenters. The molecule has 2 aromatic carbocycles. The Hall–Kier alpha value is -2.33. The Bertz CT molecular complexity index is 724. The maximum atomic E-state index is 12.4. The normalized spacial score (nSPS) is 11.9. The fourth-order valence-electron chi connectivity index (χ4n) is 2.16. The topological polar surface area (TPSA) is 55.4 Å².